The predicted molar refractivity (Wildman–Crippen MR) is 148 cm³/mol. The van der Waals surface area contributed by atoms with Crippen LogP contribution in [0.3, 0.4) is 0 Å². The lowest BCUT2D eigenvalue weighted by Crippen LogP contribution is -2.09. The molecule has 0 saturated carbocycles. The summed E-state index contributed by atoms with van der Waals surface area (Å²) in [5, 5.41) is 17.6. The predicted octanol–water partition coefficient (Wildman–Crippen LogP) is 5.34. The van der Waals surface area contributed by atoms with Gasteiger partial charge in [-0.25, -0.2) is 0 Å². The van der Waals surface area contributed by atoms with E-state index < -0.39 is 0 Å². The summed E-state index contributed by atoms with van der Waals surface area (Å²) in [6, 6.07) is 8.12. The van der Waals surface area contributed by atoms with E-state index in [1.807, 2.05) is 42.9 Å². The highest BCUT2D eigenvalue weighted by Crippen LogP contribution is 2.39. The van der Waals surface area contributed by atoms with Gasteiger partial charge in [0.2, 0.25) is 6.41 Å². The van der Waals surface area contributed by atoms with Crippen LogP contribution < -0.4 is 27.3 Å². The highest BCUT2D eigenvalue weighted by molar-refractivity contribution is 6.29. The van der Waals surface area contributed by atoms with Crippen LogP contribution in [0.5, 0.6) is 5.75 Å². The largest absolute Gasteiger partial charge is 0.494 e. The van der Waals surface area contributed by atoms with Gasteiger partial charge in [0.15, 0.2) is 5.69 Å². The van der Waals surface area contributed by atoms with E-state index in [2.05, 4.69) is 36.1 Å². The number of methoxy groups -OCH3 is 1. The van der Waals surface area contributed by atoms with E-state index in [-0.39, 0.29) is 17.6 Å². The molecule has 0 fully saturated rings. The number of allylic oxidation sites excluding steroid dienone is 2. The fourth-order valence-electron chi connectivity index (χ4n) is 3.42. The number of para-hydroxylation sites is 1. The van der Waals surface area contributed by atoms with Crippen LogP contribution in [0.4, 0.5) is 5.69 Å². The van der Waals surface area contributed by atoms with E-state index in [9.17, 15) is 5.26 Å². The quantitative estimate of drug-likeness (QED) is 0.188. The van der Waals surface area contributed by atoms with Gasteiger partial charge in [0.05, 0.1) is 24.5 Å². The number of benzene rings is 1. The molecule has 0 aliphatic heterocycles. The summed E-state index contributed by atoms with van der Waals surface area (Å²) in [5.74, 6) is 0.570. The number of rotatable bonds is 10. The second-order valence-electron chi connectivity index (χ2n) is 7.46. The Morgan fingerprint density at radius 2 is 1.94 bits per heavy atom. The van der Waals surface area contributed by atoms with E-state index in [1.165, 1.54) is 0 Å². The zero-order chi connectivity index (χ0) is 27.7. The first-order valence-electron chi connectivity index (χ1n) is 12.0. The number of aromatic nitrogens is 2. The van der Waals surface area contributed by atoms with Gasteiger partial charge in [-0.1, -0.05) is 64.3 Å². The molecule has 9 nitrogen and oxygen atoms in total. The number of nitriles is 1. The molecule has 198 valence electrons. The van der Waals surface area contributed by atoms with Crippen molar-refractivity contribution in [1.82, 2.24) is 9.78 Å². The van der Waals surface area contributed by atoms with Gasteiger partial charge in [-0.05, 0) is 31.9 Å². The van der Waals surface area contributed by atoms with Crippen molar-refractivity contribution >= 4 is 23.7 Å². The van der Waals surface area contributed by atoms with Crippen LogP contribution in [0, 0.1) is 11.3 Å². The summed E-state index contributed by atoms with van der Waals surface area (Å²) in [6.07, 6.45) is 7.93. The van der Waals surface area contributed by atoms with Gasteiger partial charge in [0.25, 0.3) is 0 Å². The summed E-state index contributed by atoms with van der Waals surface area (Å²) >= 11 is 5.84. The van der Waals surface area contributed by atoms with Crippen molar-refractivity contribution in [2.45, 2.75) is 66.3 Å². The Morgan fingerprint density at radius 3 is 2.42 bits per heavy atom. The van der Waals surface area contributed by atoms with Gasteiger partial charge >= 0.3 is 0 Å². The van der Waals surface area contributed by atoms with Gasteiger partial charge in [-0.15, -0.1) is 0 Å². The van der Waals surface area contributed by atoms with E-state index in [0.717, 1.165) is 36.8 Å². The third kappa shape index (κ3) is 9.55. The zero-order valence-electron chi connectivity index (χ0n) is 22.1. The Morgan fingerprint density at radius 1 is 1.31 bits per heavy atom. The Labute approximate surface area is 219 Å². The first-order chi connectivity index (χ1) is 17.3. The van der Waals surface area contributed by atoms with Crippen molar-refractivity contribution < 1.29 is 9.53 Å². The number of halogens is 1. The molecule has 1 heterocycles. The van der Waals surface area contributed by atoms with Crippen LogP contribution in [-0.2, 0) is 4.79 Å². The number of nitrogens with one attached hydrogen (secondary N) is 1. The molecule has 1 aromatic carbocycles. The molecule has 2 aromatic rings. The standard InChI is InChI=1S/C23H31ClN6O.C2H6.CH3NO/c1-5-7-9-16(6-2)30-14-18(21(13-25)29-30)17-10-8-11-19(23(17)31-4)28-20(15(3)26)12-22(24)27;1-2;2-1-3/h8,10-12,14,16,28H,5-7,9,26-27H2,1-4H3;1-2H3;1H,(H2,2,3)/b20-15+,22-12-;;. The fraction of sp³-hybridized carbons (Fsp3) is 0.423. The number of primary amides is 1. The van der Waals surface area contributed by atoms with Gasteiger partial charge < -0.3 is 27.3 Å². The maximum atomic E-state index is 9.73. The maximum Gasteiger partial charge on any atom is 0.204 e. The number of carbonyl (C=O) groups is 1. The maximum absolute atomic E-state index is 9.73. The van der Waals surface area contributed by atoms with Crippen LogP contribution in [0.25, 0.3) is 11.1 Å². The molecule has 1 unspecified atom stereocenters. The minimum absolute atomic E-state index is 0.105. The van der Waals surface area contributed by atoms with Crippen LogP contribution in [-0.4, -0.2) is 23.3 Å². The number of carbonyl (C=O) groups excluding carboxylic acids is 1. The molecular formula is C26H40ClN7O2. The highest BCUT2D eigenvalue weighted by atomic mass is 35.5. The van der Waals surface area contributed by atoms with Crippen LogP contribution >= 0.6 is 11.6 Å². The Kier molecular flexibility index (Phi) is 16.0. The van der Waals surface area contributed by atoms with Gasteiger partial charge in [0, 0.05) is 23.0 Å². The smallest absolute Gasteiger partial charge is 0.204 e. The minimum atomic E-state index is 0.105. The molecule has 10 heteroatoms. The third-order valence-corrected chi connectivity index (χ3v) is 5.17. The minimum Gasteiger partial charge on any atom is -0.494 e. The molecule has 0 spiro atoms. The summed E-state index contributed by atoms with van der Waals surface area (Å²) in [6.45, 7) is 10.1. The zero-order valence-corrected chi connectivity index (χ0v) is 22.9. The van der Waals surface area contributed by atoms with Crippen molar-refractivity contribution in [3.8, 4) is 22.9 Å². The van der Waals surface area contributed by atoms with E-state index >= 15 is 0 Å². The van der Waals surface area contributed by atoms with E-state index in [0.29, 0.717) is 28.5 Å². The van der Waals surface area contributed by atoms with Crippen molar-refractivity contribution in [3.63, 3.8) is 0 Å². The SMILES string of the molecule is CC.CCCCC(CC)n1cc(-c2cccc(NC(/C=C(\N)Cl)=C(\C)N)c2OC)c(C#N)n1.NC=O. The number of hydrogen-bond acceptors (Lipinski definition) is 7. The molecular weight excluding hydrogens is 478 g/mol. The van der Waals surface area contributed by atoms with Gasteiger partial charge in [-0.3, -0.25) is 9.48 Å². The summed E-state index contributed by atoms with van der Waals surface area (Å²) < 4.78 is 7.63. The molecule has 0 radical (unpaired) electrons. The molecule has 0 aliphatic rings. The van der Waals surface area contributed by atoms with Crippen LogP contribution in [0.1, 0.15) is 72.0 Å². The van der Waals surface area contributed by atoms with Crippen LogP contribution in [0.2, 0.25) is 0 Å². The average Bonchev–Trinajstić information content (AvgIpc) is 3.29. The van der Waals surface area contributed by atoms with E-state index in [4.69, 9.17) is 32.6 Å². The number of hydrogen-bond donors (Lipinski definition) is 4. The lowest BCUT2D eigenvalue weighted by atomic mass is 10.0. The summed E-state index contributed by atoms with van der Waals surface area (Å²) in [5.41, 5.74) is 19.3. The van der Waals surface area contributed by atoms with Crippen molar-refractivity contribution in [2.24, 2.45) is 17.2 Å². The number of ether oxygens (including phenoxy) is 1. The fourth-order valence-corrected chi connectivity index (χ4v) is 3.53. The van der Waals surface area contributed by atoms with Gasteiger partial charge in [0.1, 0.15) is 17.0 Å². The number of unbranched alkanes of at least 4 members (excludes halogenated alkanes) is 1. The van der Waals surface area contributed by atoms with Crippen molar-refractivity contribution in [3.05, 3.63) is 52.7 Å². The van der Waals surface area contributed by atoms with E-state index in [1.54, 1.807) is 20.1 Å². The highest BCUT2D eigenvalue weighted by Gasteiger charge is 2.20. The molecule has 1 aromatic heterocycles. The monoisotopic (exact) mass is 517 g/mol. The number of anilines is 1. The number of nitrogens with zero attached hydrogens (tertiary/aromatic N) is 3. The lowest BCUT2D eigenvalue weighted by Gasteiger charge is -2.16. The summed E-state index contributed by atoms with van der Waals surface area (Å²) in [7, 11) is 1.58. The molecule has 2 rings (SSSR count). The first-order valence-corrected chi connectivity index (χ1v) is 12.3. The van der Waals surface area contributed by atoms with Crippen molar-refractivity contribution in [2.75, 3.05) is 12.4 Å². The Balaban J connectivity index is 0.00000227. The number of nitrogens with two attached hydrogens (primary N) is 3. The molecule has 36 heavy (non-hydrogen) atoms. The van der Waals surface area contributed by atoms with Crippen LogP contribution in [0.15, 0.2) is 47.0 Å². The molecule has 0 bridgehead atoms. The summed E-state index contributed by atoms with van der Waals surface area (Å²) in [4.78, 5) is 8.58. The second kappa shape index (κ2) is 17.7. The molecule has 0 saturated heterocycles. The Hall–Kier alpha value is -3.64. The first kappa shape index (κ1) is 32.4. The second-order valence-corrected chi connectivity index (χ2v) is 7.90. The topological polar surface area (TPSA) is 158 Å². The molecule has 7 N–H and O–H groups in total. The Bertz CT molecular complexity index is 1050. The molecule has 1 atom stereocenters. The third-order valence-electron chi connectivity index (χ3n) is 5.06. The number of amides is 1. The van der Waals surface area contributed by atoms with Gasteiger partial charge in [-0.2, -0.15) is 10.4 Å². The molecule has 1 amide bonds. The van der Waals surface area contributed by atoms with Crippen molar-refractivity contribution in [1.29, 1.82) is 5.26 Å². The molecule has 0 aliphatic carbocycles. The normalized spacial score (nSPS) is 12.0. The average molecular weight is 518 g/mol. The lowest BCUT2D eigenvalue weighted by molar-refractivity contribution is -0.106.